The first-order valence-electron chi connectivity index (χ1n) is 10.2. The molecule has 2 aromatic rings. The summed E-state index contributed by atoms with van der Waals surface area (Å²) in [6.45, 7) is 10.7. The lowest BCUT2D eigenvalue weighted by molar-refractivity contribution is 0.0677. The Hall–Kier alpha value is -1.52. The number of aliphatic imine (C=N–C) groups is 1. The van der Waals surface area contributed by atoms with E-state index in [1.807, 2.05) is 49.7 Å². The molecule has 6 nitrogen and oxygen atoms in total. The Balaban J connectivity index is 0.00000450. The van der Waals surface area contributed by atoms with E-state index in [0.717, 1.165) is 35.6 Å². The number of rotatable bonds is 11. The van der Waals surface area contributed by atoms with E-state index in [0.29, 0.717) is 25.7 Å². The van der Waals surface area contributed by atoms with Gasteiger partial charge in [0.25, 0.3) is 0 Å². The minimum absolute atomic E-state index is 0. The first-order chi connectivity index (χ1) is 14.0. The molecule has 1 atom stereocenters. The highest BCUT2D eigenvalue weighted by Gasteiger charge is 2.23. The van der Waals surface area contributed by atoms with Crippen molar-refractivity contribution in [3.8, 4) is 11.5 Å². The van der Waals surface area contributed by atoms with Crippen LogP contribution in [-0.4, -0.2) is 43.9 Å². The van der Waals surface area contributed by atoms with E-state index in [4.69, 9.17) is 9.47 Å². The molecule has 0 spiro atoms. The van der Waals surface area contributed by atoms with Gasteiger partial charge in [0.2, 0.25) is 0 Å². The fraction of sp³-hybridized carbons (Fsp3) is 0.500. The van der Waals surface area contributed by atoms with Crippen LogP contribution in [0.25, 0.3) is 0 Å². The fourth-order valence-corrected chi connectivity index (χ4v) is 3.60. The minimum atomic E-state index is -0.982. The van der Waals surface area contributed by atoms with Gasteiger partial charge in [0.05, 0.1) is 19.8 Å². The zero-order valence-electron chi connectivity index (χ0n) is 18.2. The van der Waals surface area contributed by atoms with Crippen LogP contribution in [0.15, 0.2) is 40.0 Å². The summed E-state index contributed by atoms with van der Waals surface area (Å²) in [5.41, 5.74) is 1.06. The maximum absolute atomic E-state index is 10.7. The normalized spacial score (nSPS) is 13.2. The predicted octanol–water partition coefficient (Wildman–Crippen LogP) is 4.17. The van der Waals surface area contributed by atoms with Gasteiger partial charge in [-0.25, -0.2) is 4.99 Å². The van der Waals surface area contributed by atoms with Crippen molar-refractivity contribution < 1.29 is 14.6 Å². The van der Waals surface area contributed by atoms with Crippen LogP contribution in [0.4, 0.5) is 0 Å². The maximum Gasteiger partial charge on any atom is 0.191 e. The monoisotopic (exact) mass is 547 g/mol. The Morgan fingerprint density at radius 3 is 2.47 bits per heavy atom. The zero-order chi connectivity index (χ0) is 21.1. The van der Waals surface area contributed by atoms with Gasteiger partial charge in [-0.05, 0) is 74.2 Å². The Morgan fingerprint density at radius 2 is 1.83 bits per heavy atom. The van der Waals surface area contributed by atoms with E-state index < -0.39 is 5.60 Å². The minimum Gasteiger partial charge on any atom is -0.490 e. The van der Waals surface area contributed by atoms with Crippen molar-refractivity contribution in [3.05, 3.63) is 46.2 Å². The maximum atomic E-state index is 10.7. The second kappa shape index (κ2) is 13.7. The van der Waals surface area contributed by atoms with E-state index >= 15 is 0 Å². The number of hydrogen-bond acceptors (Lipinski definition) is 5. The molecule has 0 fully saturated rings. The quantitative estimate of drug-likeness (QED) is 0.224. The third kappa shape index (κ3) is 8.31. The topological polar surface area (TPSA) is 75.1 Å². The molecule has 0 saturated carbocycles. The number of halogens is 1. The summed E-state index contributed by atoms with van der Waals surface area (Å²) < 4.78 is 11.3. The standard InChI is InChI=1S/C22H33N3O3S.HI/c1-5-23-21(25-16-22(4,26)18-11-13-29-15-18)24-12-10-17-8-9-19(27-6-2)20(14-17)28-7-3;/h8-9,11,13-15,26H,5-7,10,12,16H2,1-4H3,(H2,23,24,25);1H. The highest BCUT2D eigenvalue weighted by Crippen LogP contribution is 2.28. The van der Waals surface area contributed by atoms with Gasteiger partial charge in [-0.3, -0.25) is 0 Å². The van der Waals surface area contributed by atoms with Crippen molar-refractivity contribution in [1.82, 2.24) is 10.6 Å². The number of ether oxygens (including phenoxy) is 2. The van der Waals surface area contributed by atoms with Crippen LogP contribution in [0.2, 0.25) is 0 Å². The lowest BCUT2D eigenvalue weighted by Gasteiger charge is -2.21. The first kappa shape index (κ1) is 26.5. The summed E-state index contributed by atoms with van der Waals surface area (Å²) in [5.74, 6) is 2.25. The van der Waals surface area contributed by atoms with Crippen LogP contribution in [0, 0.1) is 0 Å². The molecule has 0 aliphatic heterocycles. The van der Waals surface area contributed by atoms with E-state index in [1.54, 1.807) is 18.3 Å². The molecule has 2 rings (SSSR count). The van der Waals surface area contributed by atoms with Gasteiger partial charge < -0.3 is 25.2 Å². The summed E-state index contributed by atoms with van der Waals surface area (Å²) in [6.07, 6.45) is 0.817. The van der Waals surface area contributed by atoms with Gasteiger partial charge in [-0.1, -0.05) is 6.07 Å². The van der Waals surface area contributed by atoms with Crippen molar-refractivity contribution in [1.29, 1.82) is 0 Å². The second-order valence-corrected chi connectivity index (χ2v) is 7.58. The SMILES string of the molecule is CCNC(=NCC(C)(O)c1ccsc1)NCCc1ccc(OCC)c(OCC)c1.I. The summed E-state index contributed by atoms with van der Waals surface area (Å²) in [7, 11) is 0. The van der Waals surface area contributed by atoms with Crippen molar-refractivity contribution in [2.24, 2.45) is 4.99 Å². The molecule has 1 aromatic heterocycles. The summed E-state index contributed by atoms with van der Waals surface area (Å²) in [6, 6.07) is 7.98. The number of guanidine groups is 1. The lowest BCUT2D eigenvalue weighted by Crippen LogP contribution is -2.39. The van der Waals surface area contributed by atoms with E-state index in [9.17, 15) is 5.11 Å². The van der Waals surface area contributed by atoms with Crippen molar-refractivity contribution in [3.63, 3.8) is 0 Å². The van der Waals surface area contributed by atoms with Crippen LogP contribution in [0.5, 0.6) is 11.5 Å². The van der Waals surface area contributed by atoms with Crippen LogP contribution < -0.4 is 20.1 Å². The van der Waals surface area contributed by atoms with Gasteiger partial charge in [0.1, 0.15) is 5.60 Å². The molecule has 0 amide bonds. The molecule has 8 heteroatoms. The summed E-state index contributed by atoms with van der Waals surface area (Å²) in [5, 5.41) is 21.1. The molecule has 0 bridgehead atoms. The zero-order valence-corrected chi connectivity index (χ0v) is 21.4. The number of nitrogens with zero attached hydrogens (tertiary/aromatic N) is 1. The van der Waals surface area contributed by atoms with Gasteiger partial charge >= 0.3 is 0 Å². The van der Waals surface area contributed by atoms with E-state index in [2.05, 4.69) is 21.7 Å². The average Bonchev–Trinajstić information content (AvgIpc) is 3.24. The van der Waals surface area contributed by atoms with E-state index in [-0.39, 0.29) is 30.5 Å². The number of aliphatic hydroxyl groups is 1. The van der Waals surface area contributed by atoms with Crippen LogP contribution in [-0.2, 0) is 12.0 Å². The molecule has 0 aliphatic rings. The second-order valence-electron chi connectivity index (χ2n) is 6.80. The first-order valence-corrected chi connectivity index (χ1v) is 11.1. The molecule has 0 saturated heterocycles. The highest BCUT2D eigenvalue weighted by molar-refractivity contribution is 14.0. The summed E-state index contributed by atoms with van der Waals surface area (Å²) >= 11 is 1.57. The largest absolute Gasteiger partial charge is 0.490 e. The predicted molar refractivity (Wildman–Crippen MR) is 136 cm³/mol. The van der Waals surface area contributed by atoms with Crippen molar-refractivity contribution in [2.75, 3.05) is 32.8 Å². The molecule has 0 radical (unpaired) electrons. The average molecular weight is 548 g/mol. The molecular weight excluding hydrogens is 513 g/mol. The Labute approximate surface area is 201 Å². The lowest BCUT2D eigenvalue weighted by atomic mass is 10.00. The van der Waals surface area contributed by atoms with Crippen LogP contribution >= 0.6 is 35.3 Å². The van der Waals surface area contributed by atoms with Crippen LogP contribution in [0.3, 0.4) is 0 Å². The highest BCUT2D eigenvalue weighted by atomic mass is 127. The molecule has 1 unspecified atom stereocenters. The molecule has 1 heterocycles. The van der Waals surface area contributed by atoms with Gasteiger partial charge in [-0.2, -0.15) is 11.3 Å². The van der Waals surface area contributed by atoms with Gasteiger partial charge in [0.15, 0.2) is 17.5 Å². The van der Waals surface area contributed by atoms with E-state index in [1.165, 1.54) is 0 Å². The molecule has 0 aliphatic carbocycles. The summed E-state index contributed by atoms with van der Waals surface area (Å²) in [4.78, 5) is 4.56. The third-order valence-electron chi connectivity index (χ3n) is 4.35. The van der Waals surface area contributed by atoms with Crippen molar-refractivity contribution >= 4 is 41.3 Å². The molecule has 30 heavy (non-hydrogen) atoms. The number of benzene rings is 1. The number of nitrogens with one attached hydrogen (secondary N) is 2. The smallest absolute Gasteiger partial charge is 0.191 e. The fourth-order valence-electron chi connectivity index (χ4n) is 2.81. The molecule has 168 valence electrons. The van der Waals surface area contributed by atoms with Gasteiger partial charge in [-0.15, -0.1) is 24.0 Å². The van der Waals surface area contributed by atoms with Gasteiger partial charge in [0, 0.05) is 13.1 Å². The number of thiophene rings is 1. The third-order valence-corrected chi connectivity index (χ3v) is 5.03. The molecule has 1 aromatic carbocycles. The number of hydrogen-bond donors (Lipinski definition) is 3. The van der Waals surface area contributed by atoms with Crippen molar-refractivity contribution in [2.45, 2.75) is 39.7 Å². The molecular formula is C22H34IN3O3S. The Morgan fingerprint density at radius 1 is 1.10 bits per heavy atom. The Kier molecular flexibility index (Phi) is 12.1. The van der Waals surface area contributed by atoms with Crippen LogP contribution in [0.1, 0.15) is 38.8 Å². The molecule has 3 N–H and O–H groups in total. The Bertz CT molecular complexity index is 767.